The van der Waals surface area contributed by atoms with Crippen molar-refractivity contribution in [2.75, 3.05) is 19.1 Å². The highest BCUT2D eigenvalue weighted by Gasteiger charge is 2.20. The number of nitrogens with one attached hydrogen (secondary N) is 1. The Balaban J connectivity index is 1.78. The van der Waals surface area contributed by atoms with E-state index in [1.807, 2.05) is 36.4 Å². The van der Waals surface area contributed by atoms with Gasteiger partial charge in [0.25, 0.3) is 5.91 Å². The summed E-state index contributed by atoms with van der Waals surface area (Å²) in [6.45, 7) is 0.238. The Morgan fingerprint density at radius 1 is 0.871 bits per heavy atom. The van der Waals surface area contributed by atoms with Crippen molar-refractivity contribution in [2.45, 2.75) is 6.54 Å². The van der Waals surface area contributed by atoms with Gasteiger partial charge < -0.3 is 19.4 Å². The zero-order chi connectivity index (χ0) is 21.8. The molecule has 31 heavy (non-hydrogen) atoms. The third-order valence-corrected chi connectivity index (χ3v) is 5.13. The van der Waals surface area contributed by atoms with Crippen molar-refractivity contribution in [3.63, 3.8) is 0 Å². The Morgan fingerprint density at radius 3 is 2.13 bits per heavy atom. The first-order valence-corrected chi connectivity index (χ1v) is 9.80. The van der Waals surface area contributed by atoms with Gasteiger partial charge in [0.05, 0.1) is 20.8 Å². The molecule has 0 saturated heterocycles. The van der Waals surface area contributed by atoms with Crippen molar-refractivity contribution in [2.24, 2.45) is 0 Å². The molecule has 0 aliphatic heterocycles. The molecule has 0 radical (unpaired) electrons. The first kappa shape index (κ1) is 20.2. The number of para-hydroxylation sites is 1. The average molecular weight is 414 g/mol. The molecule has 0 aliphatic rings. The standard InChI is InChI=1S/C25H22N2O4/c1-30-20-11-7-17(8-12-20)25(29)27(19-9-13-21(31-2)14-10-19)16-18-15-24(28)26-23-6-4-3-5-22(18)23/h3-15H,16H2,1-2H3,(H,26,28). The number of anilines is 1. The maximum Gasteiger partial charge on any atom is 0.258 e. The molecule has 0 fully saturated rings. The highest BCUT2D eigenvalue weighted by Crippen LogP contribution is 2.26. The molecule has 3 aromatic carbocycles. The smallest absolute Gasteiger partial charge is 0.258 e. The quantitative estimate of drug-likeness (QED) is 0.508. The van der Waals surface area contributed by atoms with Crippen molar-refractivity contribution in [3.8, 4) is 11.5 Å². The predicted octanol–water partition coefficient (Wildman–Crippen LogP) is 4.39. The molecule has 0 unspecified atom stereocenters. The number of ether oxygens (including phenoxy) is 2. The zero-order valence-corrected chi connectivity index (χ0v) is 17.3. The Hall–Kier alpha value is -4.06. The van der Waals surface area contributed by atoms with E-state index in [9.17, 15) is 9.59 Å². The molecular formula is C25H22N2O4. The van der Waals surface area contributed by atoms with E-state index < -0.39 is 0 Å². The van der Waals surface area contributed by atoms with Gasteiger partial charge in [0.2, 0.25) is 5.56 Å². The van der Waals surface area contributed by atoms with Crippen LogP contribution in [0.3, 0.4) is 0 Å². The van der Waals surface area contributed by atoms with Crippen LogP contribution in [0.25, 0.3) is 10.9 Å². The fourth-order valence-electron chi connectivity index (χ4n) is 3.51. The van der Waals surface area contributed by atoms with E-state index in [0.29, 0.717) is 22.7 Å². The number of aromatic amines is 1. The molecule has 0 aliphatic carbocycles. The second kappa shape index (κ2) is 8.75. The highest BCUT2D eigenvalue weighted by atomic mass is 16.5. The number of hydrogen-bond donors (Lipinski definition) is 1. The van der Waals surface area contributed by atoms with Crippen LogP contribution in [-0.4, -0.2) is 25.1 Å². The number of H-pyrrole nitrogens is 1. The molecule has 156 valence electrons. The number of methoxy groups -OCH3 is 2. The normalized spacial score (nSPS) is 10.6. The van der Waals surface area contributed by atoms with Crippen LogP contribution >= 0.6 is 0 Å². The SMILES string of the molecule is COc1ccc(C(=O)N(Cc2cc(=O)[nH]c3ccccc23)c2ccc(OC)cc2)cc1. The minimum absolute atomic E-state index is 0.183. The average Bonchev–Trinajstić information content (AvgIpc) is 2.82. The number of nitrogens with zero attached hydrogens (tertiary/aromatic N) is 1. The summed E-state index contributed by atoms with van der Waals surface area (Å²) in [4.78, 5) is 30.2. The third-order valence-electron chi connectivity index (χ3n) is 5.13. The summed E-state index contributed by atoms with van der Waals surface area (Å²) in [7, 11) is 3.18. The molecule has 1 amide bonds. The number of benzene rings is 3. The summed E-state index contributed by atoms with van der Waals surface area (Å²) >= 11 is 0. The summed E-state index contributed by atoms with van der Waals surface area (Å²) in [5.74, 6) is 1.19. The van der Waals surface area contributed by atoms with E-state index in [-0.39, 0.29) is 18.0 Å². The number of carbonyl (C=O) groups excluding carboxylic acids is 1. The largest absolute Gasteiger partial charge is 0.497 e. The molecule has 0 spiro atoms. The maximum absolute atomic E-state index is 13.5. The fourth-order valence-corrected chi connectivity index (χ4v) is 3.51. The van der Waals surface area contributed by atoms with E-state index in [1.165, 1.54) is 0 Å². The lowest BCUT2D eigenvalue weighted by Crippen LogP contribution is -2.31. The Kier molecular flexibility index (Phi) is 5.71. The van der Waals surface area contributed by atoms with Crippen molar-refractivity contribution in [1.82, 2.24) is 4.98 Å². The van der Waals surface area contributed by atoms with E-state index in [1.54, 1.807) is 61.6 Å². The van der Waals surface area contributed by atoms with Crippen LogP contribution in [0.2, 0.25) is 0 Å². The lowest BCUT2D eigenvalue weighted by atomic mass is 10.1. The number of hydrogen-bond acceptors (Lipinski definition) is 4. The summed E-state index contributed by atoms with van der Waals surface area (Å²) < 4.78 is 10.4. The van der Waals surface area contributed by atoms with Gasteiger partial charge in [-0.15, -0.1) is 0 Å². The second-order valence-corrected chi connectivity index (χ2v) is 7.02. The van der Waals surface area contributed by atoms with Gasteiger partial charge in [-0.3, -0.25) is 9.59 Å². The van der Waals surface area contributed by atoms with Gasteiger partial charge in [-0.1, -0.05) is 18.2 Å². The molecule has 1 heterocycles. The molecule has 0 saturated carbocycles. The van der Waals surface area contributed by atoms with Crippen LogP contribution in [0, 0.1) is 0 Å². The van der Waals surface area contributed by atoms with Crippen LogP contribution in [0.15, 0.2) is 83.7 Å². The van der Waals surface area contributed by atoms with E-state index in [2.05, 4.69) is 4.98 Å². The van der Waals surface area contributed by atoms with E-state index >= 15 is 0 Å². The Bertz CT molecular complexity index is 1260. The number of carbonyl (C=O) groups is 1. The molecule has 0 bridgehead atoms. The molecular weight excluding hydrogens is 392 g/mol. The summed E-state index contributed by atoms with van der Waals surface area (Å²) in [5.41, 5.74) is 2.51. The fraction of sp³-hybridized carbons (Fsp3) is 0.120. The first-order valence-electron chi connectivity index (χ1n) is 9.80. The van der Waals surface area contributed by atoms with Gasteiger partial charge in [0, 0.05) is 28.2 Å². The third kappa shape index (κ3) is 4.28. The molecule has 1 N–H and O–H groups in total. The van der Waals surface area contributed by atoms with Crippen molar-refractivity contribution >= 4 is 22.5 Å². The lowest BCUT2D eigenvalue weighted by molar-refractivity contribution is 0.0985. The molecule has 4 rings (SSSR count). The zero-order valence-electron chi connectivity index (χ0n) is 17.3. The minimum Gasteiger partial charge on any atom is -0.497 e. The van der Waals surface area contributed by atoms with Crippen LogP contribution in [0.5, 0.6) is 11.5 Å². The summed E-state index contributed by atoms with van der Waals surface area (Å²) in [6, 6.07) is 23.3. The lowest BCUT2D eigenvalue weighted by Gasteiger charge is -2.24. The van der Waals surface area contributed by atoms with Gasteiger partial charge >= 0.3 is 0 Å². The second-order valence-electron chi connectivity index (χ2n) is 7.02. The number of pyridine rings is 1. The van der Waals surface area contributed by atoms with Crippen LogP contribution in [-0.2, 0) is 6.54 Å². The maximum atomic E-state index is 13.5. The number of aromatic nitrogens is 1. The first-order chi connectivity index (χ1) is 15.1. The van der Waals surface area contributed by atoms with Crippen molar-refractivity contribution in [3.05, 3.63) is 100 Å². The van der Waals surface area contributed by atoms with Gasteiger partial charge in [-0.05, 0) is 60.2 Å². The Morgan fingerprint density at radius 2 is 1.48 bits per heavy atom. The predicted molar refractivity (Wildman–Crippen MR) is 121 cm³/mol. The van der Waals surface area contributed by atoms with Gasteiger partial charge in [-0.25, -0.2) is 0 Å². The van der Waals surface area contributed by atoms with E-state index in [4.69, 9.17) is 9.47 Å². The minimum atomic E-state index is -0.208. The van der Waals surface area contributed by atoms with Gasteiger partial charge in [0.1, 0.15) is 11.5 Å². The van der Waals surface area contributed by atoms with E-state index in [0.717, 1.165) is 16.5 Å². The van der Waals surface area contributed by atoms with Crippen LogP contribution in [0.1, 0.15) is 15.9 Å². The van der Waals surface area contributed by atoms with Gasteiger partial charge in [0.15, 0.2) is 0 Å². The molecule has 0 atom stereocenters. The highest BCUT2D eigenvalue weighted by molar-refractivity contribution is 6.06. The van der Waals surface area contributed by atoms with Crippen molar-refractivity contribution in [1.29, 1.82) is 0 Å². The molecule has 6 heteroatoms. The monoisotopic (exact) mass is 414 g/mol. The number of rotatable bonds is 6. The molecule has 1 aromatic heterocycles. The molecule has 4 aromatic rings. The number of fused-ring (bicyclic) bond motifs is 1. The van der Waals surface area contributed by atoms with Crippen LogP contribution in [0.4, 0.5) is 5.69 Å². The van der Waals surface area contributed by atoms with Crippen LogP contribution < -0.4 is 19.9 Å². The summed E-state index contributed by atoms with van der Waals surface area (Å²) in [5, 5.41) is 0.892. The van der Waals surface area contributed by atoms with Gasteiger partial charge in [-0.2, -0.15) is 0 Å². The topological polar surface area (TPSA) is 71.6 Å². The Labute approximate surface area is 179 Å². The number of amides is 1. The summed E-state index contributed by atoms with van der Waals surface area (Å²) in [6.07, 6.45) is 0. The molecule has 6 nitrogen and oxygen atoms in total. The van der Waals surface area contributed by atoms with Crippen molar-refractivity contribution < 1.29 is 14.3 Å².